The lowest BCUT2D eigenvalue weighted by Crippen LogP contribution is -2.47. The summed E-state index contributed by atoms with van der Waals surface area (Å²) in [5.74, 6) is -2.02. The Labute approximate surface area is 103 Å². The summed E-state index contributed by atoms with van der Waals surface area (Å²) in [7, 11) is 0. The Bertz CT molecular complexity index is 450. The van der Waals surface area contributed by atoms with E-state index in [9.17, 15) is 9.59 Å². The van der Waals surface area contributed by atoms with Crippen LogP contribution >= 0.6 is 0 Å². The summed E-state index contributed by atoms with van der Waals surface area (Å²) in [6.45, 7) is 2.59. The highest BCUT2D eigenvalue weighted by Gasteiger charge is 2.31. The highest BCUT2D eigenvalue weighted by molar-refractivity contribution is 5.95. The van der Waals surface area contributed by atoms with Crippen LogP contribution in [0, 0.1) is 0 Å². The normalized spacial score (nSPS) is 22.3. The largest absolute Gasteiger partial charge is 0.475 e. The molecule has 0 aromatic carbocycles. The van der Waals surface area contributed by atoms with Crippen LogP contribution in [0.4, 0.5) is 0 Å². The molecule has 0 unspecified atom stereocenters. The van der Waals surface area contributed by atoms with E-state index in [4.69, 9.17) is 9.84 Å². The van der Waals surface area contributed by atoms with Crippen LogP contribution in [0.2, 0.25) is 0 Å². The summed E-state index contributed by atoms with van der Waals surface area (Å²) in [6, 6.07) is 1.16. The lowest BCUT2D eigenvalue weighted by Gasteiger charge is -2.35. The minimum Gasteiger partial charge on any atom is -0.475 e. The Morgan fingerprint density at radius 3 is 2.89 bits per heavy atom. The highest BCUT2D eigenvalue weighted by atomic mass is 16.5. The van der Waals surface area contributed by atoms with Crippen LogP contribution in [0.15, 0.2) is 10.6 Å². The number of amides is 1. The zero-order chi connectivity index (χ0) is 13.1. The number of hydrogen-bond donors (Lipinski definition) is 2. The summed E-state index contributed by atoms with van der Waals surface area (Å²) in [6.07, 6.45) is 1.74. The summed E-state index contributed by atoms with van der Waals surface area (Å²) in [4.78, 5) is 22.2. The molecule has 1 heterocycles. The third-order valence-electron chi connectivity index (χ3n) is 2.79. The van der Waals surface area contributed by atoms with Gasteiger partial charge < -0.3 is 19.7 Å². The Kier molecular flexibility index (Phi) is 3.61. The van der Waals surface area contributed by atoms with Gasteiger partial charge in [-0.3, -0.25) is 4.79 Å². The van der Waals surface area contributed by atoms with Crippen LogP contribution in [-0.4, -0.2) is 40.9 Å². The molecule has 1 amide bonds. The molecule has 1 aliphatic rings. The fraction of sp³-hybridized carbons (Fsp3) is 0.545. The number of rotatable bonds is 5. The summed E-state index contributed by atoms with van der Waals surface area (Å²) >= 11 is 0. The minimum absolute atomic E-state index is 0.0211. The standard InChI is InChI=1S/C11H14N2O5/c1-2-17-7-3-6(4-7)12-10(14)8-5-9(11(15)16)18-13-8/h5-7H,2-4H2,1H3,(H,12,14)(H,15,16). The van der Waals surface area contributed by atoms with Crippen LogP contribution in [-0.2, 0) is 4.74 Å². The maximum Gasteiger partial charge on any atom is 0.374 e. The Hall–Kier alpha value is -1.89. The predicted molar refractivity (Wildman–Crippen MR) is 59.4 cm³/mol. The van der Waals surface area contributed by atoms with E-state index < -0.39 is 11.9 Å². The number of carboxylic acid groups (broad SMARTS) is 1. The molecule has 0 bridgehead atoms. The lowest BCUT2D eigenvalue weighted by atomic mass is 9.89. The maximum atomic E-state index is 11.7. The Morgan fingerprint density at radius 1 is 1.61 bits per heavy atom. The topological polar surface area (TPSA) is 102 Å². The van der Waals surface area contributed by atoms with Crippen LogP contribution < -0.4 is 5.32 Å². The molecule has 1 fully saturated rings. The number of hydrogen-bond acceptors (Lipinski definition) is 5. The van der Waals surface area contributed by atoms with Crippen molar-refractivity contribution in [2.75, 3.05) is 6.61 Å². The second-order valence-corrected chi connectivity index (χ2v) is 4.10. The van der Waals surface area contributed by atoms with E-state index >= 15 is 0 Å². The number of ether oxygens (including phenoxy) is 1. The quantitative estimate of drug-likeness (QED) is 0.800. The molecule has 7 nitrogen and oxygen atoms in total. The van der Waals surface area contributed by atoms with E-state index in [2.05, 4.69) is 15.0 Å². The van der Waals surface area contributed by atoms with Crippen molar-refractivity contribution >= 4 is 11.9 Å². The zero-order valence-corrected chi connectivity index (χ0v) is 9.88. The van der Waals surface area contributed by atoms with Crippen LogP contribution in [0.25, 0.3) is 0 Å². The van der Waals surface area contributed by atoms with Crippen LogP contribution in [0.1, 0.15) is 40.8 Å². The molecule has 0 radical (unpaired) electrons. The van der Waals surface area contributed by atoms with Gasteiger partial charge in [-0.25, -0.2) is 4.79 Å². The van der Waals surface area contributed by atoms with Crippen molar-refractivity contribution in [3.63, 3.8) is 0 Å². The van der Waals surface area contributed by atoms with E-state index in [-0.39, 0.29) is 23.6 Å². The third kappa shape index (κ3) is 2.67. The van der Waals surface area contributed by atoms with Gasteiger partial charge in [0.2, 0.25) is 5.76 Å². The number of carbonyl (C=O) groups is 2. The molecule has 0 atom stereocenters. The number of aromatic nitrogens is 1. The second kappa shape index (κ2) is 5.18. The second-order valence-electron chi connectivity index (χ2n) is 4.10. The van der Waals surface area contributed by atoms with Crippen molar-refractivity contribution in [2.45, 2.75) is 31.9 Å². The third-order valence-corrected chi connectivity index (χ3v) is 2.79. The van der Waals surface area contributed by atoms with Crippen molar-refractivity contribution in [2.24, 2.45) is 0 Å². The molecule has 1 aromatic heterocycles. The molecule has 0 spiro atoms. The van der Waals surface area contributed by atoms with Crippen molar-refractivity contribution in [1.29, 1.82) is 0 Å². The summed E-state index contributed by atoms with van der Waals surface area (Å²) in [5.41, 5.74) is -0.0211. The number of nitrogens with zero attached hydrogens (tertiary/aromatic N) is 1. The average molecular weight is 254 g/mol. The minimum atomic E-state index is -1.25. The number of carbonyl (C=O) groups excluding carboxylic acids is 1. The van der Waals surface area contributed by atoms with E-state index in [1.165, 1.54) is 0 Å². The van der Waals surface area contributed by atoms with Gasteiger partial charge in [0.1, 0.15) is 0 Å². The van der Waals surface area contributed by atoms with E-state index in [0.29, 0.717) is 6.61 Å². The van der Waals surface area contributed by atoms with Gasteiger partial charge in [-0.1, -0.05) is 5.16 Å². The van der Waals surface area contributed by atoms with Crippen LogP contribution in [0.3, 0.4) is 0 Å². The van der Waals surface area contributed by atoms with Gasteiger partial charge in [0, 0.05) is 18.7 Å². The molecule has 2 N–H and O–H groups in total. The monoisotopic (exact) mass is 254 g/mol. The molecule has 1 aromatic rings. The van der Waals surface area contributed by atoms with Crippen LogP contribution in [0.5, 0.6) is 0 Å². The highest BCUT2D eigenvalue weighted by Crippen LogP contribution is 2.23. The smallest absolute Gasteiger partial charge is 0.374 e. The van der Waals surface area contributed by atoms with Crippen molar-refractivity contribution in [1.82, 2.24) is 10.5 Å². The van der Waals surface area contributed by atoms with Gasteiger partial charge >= 0.3 is 5.97 Å². The molecule has 7 heteroatoms. The molecule has 1 aliphatic carbocycles. The van der Waals surface area contributed by atoms with Crippen molar-refractivity contribution in [3.8, 4) is 0 Å². The Morgan fingerprint density at radius 2 is 2.33 bits per heavy atom. The first kappa shape index (κ1) is 12.6. The van der Waals surface area contributed by atoms with Gasteiger partial charge in [-0.2, -0.15) is 0 Å². The van der Waals surface area contributed by atoms with Gasteiger partial charge in [0.05, 0.1) is 6.10 Å². The van der Waals surface area contributed by atoms with Gasteiger partial charge in [0.15, 0.2) is 5.69 Å². The molecule has 2 rings (SSSR count). The van der Waals surface area contributed by atoms with Crippen molar-refractivity contribution < 1.29 is 24.0 Å². The SMILES string of the molecule is CCOC1CC(NC(=O)c2cc(C(=O)O)on2)C1. The van der Waals surface area contributed by atoms with E-state index in [1.54, 1.807) is 0 Å². The summed E-state index contributed by atoms with van der Waals surface area (Å²) < 4.78 is 9.87. The molecular weight excluding hydrogens is 240 g/mol. The molecular formula is C11H14N2O5. The number of aromatic carboxylic acids is 1. The van der Waals surface area contributed by atoms with Crippen molar-refractivity contribution in [3.05, 3.63) is 17.5 Å². The first-order valence-electron chi connectivity index (χ1n) is 5.72. The number of nitrogens with one attached hydrogen (secondary N) is 1. The van der Waals surface area contributed by atoms with E-state index in [1.807, 2.05) is 6.92 Å². The predicted octanol–water partition coefficient (Wildman–Crippen LogP) is 0.670. The Balaban J connectivity index is 1.83. The maximum absolute atomic E-state index is 11.7. The van der Waals surface area contributed by atoms with Gasteiger partial charge in [0.25, 0.3) is 5.91 Å². The zero-order valence-electron chi connectivity index (χ0n) is 9.88. The lowest BCUT2D eigenvalue weighted by molar-refractivity contribution is -0.00870. The summed E-state index contributed by atoms with van der Waals surface area (Å²) in [5, 5.41) is 14.8. The number of carboxylic acids is 1. The molecule has 0 saturated heterocycles. The van der Waals surface area contributed by atoms with E-state index in [0.717, 1.165) is 18.9 Å². The first-order chi connectivity index (χ1) is 8.60. The van der Waals surface area contributed by atoms with Gasteiger partial charge in [-0.05, 0) is 19.8 Å². The van der Waals surface area contributed by atoms with Gasteiger partial charge in [-0.15, -0.1) is 0 Å². The molecule has 18 heavy (non-hydrogen) atoms. The first-order valence-corrected chi connectivity index (χ1v) is 5.72. The fourth-order valence-corrected chi connectivity index (χ4v) is 1.80. The molecule has 1 saturated carbocycles. The fourth-order valence-electron chi connectivity index (χ4n) is 1.80. The molecule has 0 aliphatic heterocycles. The average Bonchev–Trinajstić information content (AvgIpc) is 2.75. The molecule has 98 valence electrons.